The smallest absolute Gasteiger partial charge is 0.0713 e. The second-order valence-electron chi connectivity index (χ2n) is 17.4. The van der Waals surface area contributed by atoms with Crippen LogP contribution in [0.4, 0.5) is 17.1 Å². The number of hydrogen-bond donors (Lipinski definition) is 0. The molecule has 64 heavy (non-hydrogen) atoms. The summed E-state index contributed by atoms with van der Waals surface area (Å²) in [5.74, 6) is 0. The highest BCUT2D eigenvalue weighted by Crippen LogP contribution is 2.56. The molecule has 0 bridgehead atoms. The van der Waals surface area contributed by atoms with E-state index in [4.69, 9.17) is 0 Å². The Morgan fingerprint density at radius 2 is 0.688 bits per heavy atom. The maximum absolute atomic E-state index is 2.42. The Morgan fingerprint density at radius 1 is 0.312 bits per heavy atom. The van der Waals surface area contributed by atoms with Crippen molar-refractivity contribution in [1.82, 2.24) is 0 Å². The molecule has 0 saturated carbocycles. The fraction of sp³-hybridized carbons (Fsp3) is 0.0476. The van der Waals surface area contributed by atoms with Crippen LogP contribution in [0.2, 0.25) is 0 Å². The van der Waals surface area contributed by atoms with Crippen molar-refractivity contribution in [3.8, 4) is 33.4 Å². The third-order valence-corrected chi connectivity index (χ3v) is 13.7. The Labute approximate surface area is 375 Å². The van der Waals surface area contributed by atoms with Crippen LogP contribution in [0.5, 0.6) is 0 Å². The van der Waals surface area contributed by atoms with Crippen molar-refractivity contribution in [2.24, 2.45) is 0 Å². The van der Waals surface area contributed by atoms with E-state index < -0.39 is 5.41 Å². The average Bonchev–Trinajstić information content (AvgIpc) is 3.65. The summed E-state index contributed by atoms with van der Waals surface area (Å²) in [5.41, 5.74) is 18.1. The van der Waals surface area contributed by atoms with Crippen molar-refractivity contribution in [3.05, 3.63) is 270 Å². The first kappa shape index (κ1) is 37.7. The number of fused-ring (bicyclic) bond motifs is 6. The van der Waals surface area contributed by atoms with Gasteiger partial charge in [-0.2, -0.15) is 0 Å². The van der Waals surface area contributed by atoms with Crippen molar-refractivity contribution in [2.75, 3.05) is 4.90 Å². The Kier molecular flexibility index (Phi) is 8.91. The van der Waals surface area contributed by atoms with Crippen LogP contribution in [0, 0.1) is 13.8 Å². The molecule has 0 fully saturated rings. The van der Waals surface area contributed by atoms with Crippen molar-refractivity contribution in [2.45, 2.75) is 19.3 Å². The minimum absolute atomic E-state index is 0.447. The quantitative estimate of drug-likeness (QED) is 0.145. The maximum Gasteiger partial charge on any atom is 0.0713 e. The summed E-state index contributed by atoms with van der Waals surface area (Å²) in [5, 5.41) is 7.45. The van der Waals surface area contributed by atoms with Crippen LogP contribution in [0.3, 0.4) is 0 Å². The van der Waals surface area contributed by atoms with Crippen LogP contribution < -0.4 is 4.90 Å². The number of hydrogen-bond acceptors (Lipinski definition) is 1. The van der Waals surface area contributed by atoms with E-state index in [1.807, 2.05) is 0 Å². The van der Waals surface area contributed by atoms with Crippen LogP contribution in [0.15, 0.2) is 237 Å². The fourth-order valence-corrected chi connectivity index (χ4v) is 10.7. The fourth-order valence-electron chi connectivity index (χ4n) is 10.7. The van der Waals surface area contributed by atoms with E-state index in [9.17, 15) is 0 Å². The molecule has 0 saturated heterocycles. The lowest BCUT2D eigenvalue weighted by Crippen LogP contribution is -2.28. The Morgan fingerprint density at radius 3 is 1.17 bits per heavy atom. The van der Waals surface area contributed by atoms with Crippen LogP contribution >= 0.6 is 0 Å². The Balaban J connectivity index is 1.05. The second-order valence-corrected chi connectivity index (χ2v) is 17.4. The molecular weight excluding hydrogens is 771 g/mol. The van der Waals surface area contributed by atoms with Gasteiger partial charge in [0, 0.05) is 17.1 Å². The molecule has 0 heterocycles. The summed E-state index contributed by atoms with van der Waals surface area (Å²) in [6.07, 6.45) is 0. The zero-order valence-electron chi connectivity index (χ0n) is 36.0. The molecule has 0 aromatic heterocycles. The first-order valence-corrected chi connectivity index (χ1v) is 22.3. The highest BCUT2D eigenvalue weighted by molar-refractivity contribution is 6.23. The molecule has 11 aromatic carbocycles. The van der Waals surface area contributed by atoms with Gasteiger partial charge in [-0.3, -0.25) is 0 Å². The number of aryl methyl sites for hydroxylation is 2. The summed E-state index contributed by atoms with van der Waals surface area (Å²) in [7, 11) is 0. The average molecular weight is 816 g/mol. The highest BCUT2D eigenvalue weighted by atomic mass is 15.1. The van der Waals surface area contributed by atoms with Gasteiger partial charge in [-0.05, 0) is 150 Å². The molecule has 0 spiro atoms. The predicted molar refractivity (Wildman–Crippen MR) is 271 cm³/mol. The SMILES string of the molecule is Cc1ccc(N(c2ccc(C)cc2)c2ccc(-c3c4ccccc4c(-c4ccc(C5(c6ccccc6)c6ccccc6-c6ccccc65)cc4)c4cc5ccccc5cc34)cc2)cc1. The van der Waals surface area contributed by atoms with Crippen LogP contribution in [-0.4, -0.2) is 0 Å². The van der Waals surface area contributed by atoms with E-state index in [2.05, 4.69) is 255 Å². The van der Waals surface area contributed by atoms with E-state index in [0.29, 0.717) is 0 Å². The number of nitrogens with zero attached hydrogens (tertiary/aromatic N) is 1. The van der Waals surface area contributed by atoms with Gasteiger partial charge in [-0.15, -0.1) is 0 Å². The van der Waals surface area contributed by atoms with Gasteiger partial charge < -0.3 is 4.90 Å². The van der Waals surface area contributed by atoms with Crippen molar-refractivity contribution in [3.63, 3.8) is 0 Å². The molecular formula is C63H45N. The summed E-state index contributed by atoms with van der Waals surface area (Å²) in [6, 6.07) is 88.0. The lowest BCUT2D eigenvalue weighted by atomic mass is 9.67. The lowest BCUT2D eigenvalue weighted by Gasteiger charge is -2.34. The van der Waals surface area contributed by atoms with Crippen molar-refractivity contribution in [1.29, 1.82) is 0 Å². The van der Waals surface area contributed by atoms with Gasteiger partial charge in [-0.25, -0.2) is 0 Å². The molecule has 0 unspecified atom stereocenters. The number of anilines is 3. The zero-order chi connectivity index (χ0) is 42.8. The zero-order valence-corrected chi connectivity index (χ0v) is 36.0. The van der Waals surface area contributed by atoms with Crippen molar-refractivity contribution >= 4 is 49.4 Å². The van der Waals surface area contributed by atoms with Gasteiger partial charge in [0.25, 0.3) is 0 Å². The Bertz CT molecular complexity index is 3440. The molecule has 0 atom stereocenters. The molecule has 0 N–H and O–H groups in total. The van der Waals surface area contributed by atoms with Crippen molar-refractivity contribution < 1.29 is 0 Å². The van der Waals surface area contributed by atoms with Gasteiger partial charge in [0.1, 0.15) is 0 Å². The normalized spacial score (nSPS) is 12.7. The van der Waals surface area contributed by atoms with E-state index in [0.717, 1.165) is 17.1 Å². The molecule has 0 amide bonds. The predicted octanol–water partition coefficient (Wildman–Crippen LogP) is 16.9. The molecule has 0 radical (unpaired) electrons. The summed E-state index contributed by atoms with van der Waals surface area (Å²) in [6.45, 7) is 4.28. The molecule has 1 heteroatoms. The molecule has 1 aliphatic carbocycles. The molecule has 1 aliphatic rings. The molecule has 11 aromatic rings. The summed E-state index contributed by atoms with van der Waals surface area (Å²) in [4.78, 5) is 2.35. The first-order valence-electron chi connectivity index (χ1n) is 22.3. The maximum atomic E-state index is 2.42. The second kappa shape index (κ2) is 15.1. The molecule has 1 nitrogen and oxygen atoms in total. The first-order chi connectivity index (χ1) is 31.6. The highest BCUT2D eigenvalue weighted by Gasteiger charge is 2.45. The third kappa shape index (κ3) is 5.93. The molecule has 12 rings (SSSR count). The van der Waals surface area contributed by atoms with E-state index >= 15 is 0 Å². The largest absolute Gasteiger partial charge is 0.311 e. The van der Waals surface area contributed by atoms with Gasteiger partial charge in [0.15, 0.2) is 0 Å². The van der Waals surface area contributed by atoms with E-state index in [-0.39, 0.29) is 0 Å². The van der Waals surface area contributed by atoms with Gasteiger partial charge in [-0.1, -0.05) is 199 Å². The summed E-state index contributed by atoms with van der Waals surface area (Å²) >= 11 is 0. The van der Waals surface area contributed by atoms with Gasteiger partial charge >= 0.3 is 0 Å². The lowest BCUT2D eigenvalue weighted by molar-refractivity contribution is 0.768. The molecule has 302 valence electrons. The monoisotopic (exact) mass is 815 g/mol. The number of rotatable bonds is 7. The minimum Gasteiger partial charge on any atom is -0.311 e. The standard InChI is InChI=1S/C63H45N/c1-42-24-34-50(35-25-42)64(51-36-26-43(2)27-37-51)52-38-30-45(31-39-52)62-56-21-9-8-20-55(56)61(57-40-46-14-6-7-15-47(46)41-58(57)62)44-28-32-49(33-29-44)63(48-16-4-3-5-17-48)59-22-12-10-18-53(59)54-19-11-13-23-60(54)63/h3-41H,1-2H3. The van der Waals surface area contributed by atoms with Crippen LogP contribution in [0.25, 0.3) is 65.7 Å². The minimum atomic E-state index is -0.447. The van der Waals surface area contributed by atoms with Gasteiger partial charge in [0.05, 0.1) is 5.41 Å². The van der Waals surface area contributed by atoms with E-state index in [1.54, 1.807) is 0 Å². The van der Waals surface area contributed by atoms with E-state index in [1.165, 1.54) is 99.1 Å². The molecule has 0 aliphatic heterocycles. The van der Waals surface area contributed by atoms with Gasteiger partial charge in [0.2, 0.25) is 0 Å². The van der Waals surface area contributed by atoms with Crippen LogP contribution in [-0.2, 0) is 5.41 Å². The topological polar surface area (TPSA) is 3.24 Å². The third-order valence-electron chi connectivity index (χ3n) is 13.7. The van der Waals surface area contributed by atoms with Crippen LogP contribution in [0.1, 0.15) is 33.4 Å². The summed E-state index contributed by atoms with van der Waals surface area (Å²) < 4.78 is 0. The number of benzene rings is 11. The Hall–Kier alpha value is -8.00.